The number of rotatable bonds is 3. The van der Waals surface area contributed by atoms with E-state index < -0.39 is 0 Å². The van der Waals surface area contributed by atoms with Gasteiger partial charge in [0, 0.05) is 12.1 Å². The van der Waals surface area contributed by atoms with Crippen LogP contribution in [0.5, 0.6) is 0 Å². The Kier molecular flexibility index (Phi) is 4.60. The largest absolute Gasteiger partial charge is 0.391 e. The molecule has 0 bridgehead atoms. The first-order valence-electron chi connectivity index (χ1n) is 6.37. The Hall–Kier alpha value is -0.0800. The van der Waals surface area contributed by atoms with Crippen molar-refractivity contribution in [1.29, 1.82) is 0 Å². The van der Waals surface area contributed by atoms with Gasteiger partial charge < -0.3 is 5.11 Å². The highest BCUT2D eigenvalue weighted by Gasteiger charge is 2.36. The summed E-state index contributed by atoms with van der Waals surface area (Å²) in [6.45, 7) is 8.99. The predicted octanol–water partition coefficient (Wildman–Crippen LogP) is 2.51. The average Bonchev–Trinajstić information content (AvgIpc) is 2.14. The van der Waals surface area contributed by atoms with Crippen molar-refractivity contribution < 1.29 is 5.11 Å². The first kappa shape index (κ1) is 13.0. The molecule has 1 N–H and O–H groups in total. The van der Waals surface area contributed by atoms with Crippen LogP contribution >= 0.6 is 0 Å². The van der Waals surface area contributed by atoms with Gasteiger partial charge in [-0.3, -0.25) is 4.90 Å². The van der Waals surface area contributed by atoms with E-state index in [2.05, 4.69) is 39.6 Å². The molecule has 90 valence electrons. The molecule has 0 aromatic carbocycles. The maximum atomic E-state index is 10.2. The molecule has 0 aliphatic heterocycles. The Morgan fingerprint density at radius 2 is 1.93 bits per heavy atom. The van der Waals surface area contributed by atoms with Crippen molar-refractivity contribution in [2.75, 3.05) is 7.05 Å². The summed E-state index contributed by atoms with van der Waals surface area (Å²) < 4.78 is 0. The van der Waals surface area contributed by atoms with Gasteiger partial charge in [0.05, 0.1) is 6.10 Å². The molecule has 0 radical (unpaired) electrons. The van der Waals surface area contributed by atoms with E-state index in [-0.39, 0.29) is 6.10 Å². The third kappa shape index (κ3) is 2.94. The summed E-state index contributed by atoms with van der Waals surface area (Å²) in [5, 5.41) is 10.2. The summed E-state index contributed by atoms with van der Waals surface area (Å²) in [4.78, 5) is 2.38. The highest BCUT2D eigenvalue weighted by molar-refractivity contribution is 4.90. The van der Waals surface area contributed by atoms with Crippen LogP contribution in [0.2, 0.25) is 0 Å². The number of aliphatic hydroxyl groups is 1. The van der Waals surface area contributed by atoms with Crippen molar-refractivity contribution in [1.82, 2.24) is 4.90 Å². The molecule has 0 spiro atoms. The summed E-state index contributed by atoms with van der Waals surface area (Å²) in [6, 6.07) is 0.927. The lowest BCUT2D eigenvalue weighted by Gasteiger charge is -2.44. The second-order valence-electron chi connectivity index (χ2n) is 5.53. The summed E-state index contributed by atoms with van der Waals surface area (Å²) in [5.41, 5.74) is 0. The number of hydrogen-bond acceptors (Lipinski definition) is 2. The molecule has 0 heterocycles. The summed E-state index contributed by atoms with van der Waals surface area (Å²) in [5.74, 6) is 1.29. The van der Waals surface area contributed by atoms with Crippen LogP contribution in [0.15, 0.2) is 0 Å². The average molecular weight is 213 g/mol. The Morgan fingerprint density at radius 1 is 1.33 bits per heavy atom. The van der Waals surface area contributed by atoms with Gasteiger partial charge in [-0.15, -0.1) is 0 Å². The van der Waals surface area contributed by atoms with Gasteiger partial charge in [0.15, 0.2) is 0 Å². The Bertz CT molecular complexity index is 183. The van der Waals surface area contributed by atoms with Crippen LogP contribution in [0, 0.1) is 11.8 Å². The quantitative estimate of drug-likeness (QED) is 0.778. The highest BCUT2D eigenvalue weighted by Crippen LogP contribution is 2.32. The summed E-state index contributed by atoms with van der Waals surface area (Å²) >= 11 is 0. The molecular weight excluding hydrogens is 186 g/mol. The zero-order chi connectivity index (χ0) is 11.6. The van der Waals surface area contributed by atoms with Gasteiger partial charge in [-0.1, -0.05) is 20.8 Å². The molecule has 5 atom stereocenters. The molecule has 2 heteroatoms. The SMILES string of the molecule is CCC(C)N(C)C1C(C)CC(C)CC1O. The topological polar surface area (TPSA) is 23.5 Å². The van der Waals surface area contributed by atoms with Gasteiger partial charge in [-0.05, 0) is 45.1 Å². The highest BCUT2D eigenvalue weighted by atomic mass is 16.3. The number of nitrogens with zero attached hydrogens (tertiary/aromatic N) is 1. The van der Waals surface area contributed by atoms with Gasteiger partial charge in [0.2, 0.25) is 0 Å². The van der Waals surface area contributed by atoms with Crippen LogP contribution < -0.4 is 0 Å². The van der Waals surface area contributed by atoms with E-state index in [0.717, 1.165) is 12.8 Å². The normalized spacial score (nSPS) is 39.4. The van der Waals surface area contributed by atoms with Crippen LogP contribution in [0.25, 0.3) is 0 Å². The molecule has 1 fully saturated rings. The minimum atomic E-state index is -0.136. The van der Waals surface area contributed by atoms with Crippen molar-refractivity contribution in [3.8, 4) is 0 Å². The lowest BCUT2D eigenvalue weighted by Crippen LogP contribution is -2.52. The number of aliphatic hydroxyl groups excluding tert-OH is 1. The second-order valence-corrected chi connectivity index (χ2v) is 5.53. The molecule has 0 aromatic rings. The maximum absolute atomic E-state index is 10.2. The molecule has 0 saturated heterocycles. The van der Waals surface area contributed by atoms with Gasteiger partial charge >= 0.3 is 0 Å². The van der Waals surface area contributed by atoms with Crippen LogP contribution in [0.3, 0.4) is 0 Å². The fraction of sp³-hybridized carbons (Fsp3) is 1.00. The zero-order valence-corrected chi connectivity index (χ0v) is 10.9. The second kappa shape index (κ2) is 5.31. The fourth-order valence-electron chi connectivity index (χ4n) is 3.06. The summed E-state index contributed by atoms with van der Waals surface area (Å²) in [6.07, 6.45) is 3.24. The third-order valence-electron chi connectivity index (χ3n) is 4.15. The number of likely N-dealkylation sites (N-methyl/N-ethyl adjacent to an activating group) is 1. The molecular formula is C13H27NO. The van der Waals surface area contributed by atoms with Gasteiger partial charge in [0.1, 0.15) is 0 Å². The first-order valence-corrected chi connectivity index (χ1v) is 6.37. The van der Waals surface area contributed by atoms with Crippen molar-refractivity contribution in [3.63, 3.8) is 0 Å². The molecule has 1 aliphatic carbocycles. The zero-order valence-electron chi connectivity index (χ0n) is 10.9. The van der Waals surface area contributed by atoms with Crippen LogP contribution in [0.4, 0.5) is 0 Å². The number of hydrogen-bond donors (Lipinski definition) is 1. The van der Waals surface area contributed by atoms with Crippen molar-refractivity contribution in [2.45, 2.75) is 65.1 Å². The molecule has 15 heavy (non-hydrogen) atoms. The fourth-order valence-corrected chi connectivity index (χ4v) is 3.06. The lowest BCUT2D eigenvalue weighted by atomic mass is 9.77. The van der Waals surface area contributed by atoms with Crippen molar-refractivity contribution in [3.05, 3.63) is 0 Å². The Morgan fingerprint density at radius 3 is 2.40 bits per heavy atom. The van der Waals surface area contributed by atoms with E-state index in [0.29, 0.717) is 23.9 Å². The Labute approximate surface area is 94.7 Å². The van der Waals surface area contributed by atoms with E-state index in [1.54, 1.807) is 0 Å². The molecule has 1 rings (SSSR count). The van der Waals surface area contributed by atoms with Crippen molar-refractivity contribution in [2.24, 2.45) is 11.8 Å². The van der Waals surface area contributed by atoms with Gasteiger partial charge in [-0.25, -0.2) is 0 Å². The van der Waals surface area contributed by atoms with Crippen LogP contribution in [-0.4, -0.2) is 35.2 Å². The Balaban J connectivity index is 2.66. The van der Waals surface area contributed by atoms with E-state index in [1.807, 2.05) is 0 Å². The smallest absolute Gasteiger partial charge is 0.0700 e. The molecule has 5 unspecified atom stereocenters. The standard InChI is InChI=1S/C13H27NO/c1-6-11(4)14(5)13-10(3)7-9(2)8-12(13)15/h9-13,15H,6-8H2,1-5H3. The van der Waals surface area contributed by atoms with E-state index in [1.165, 1.54) is 6.42 Å². The lowest BCUT2D eigenvalue weighted by molar-refractivity contribution is -0.0279. The van der Waals surface area contributed by atoms with E-state index in [4.69, 9.17) is 0 Å². The first-order chi connectivity index (χ1) is 6.97. The van der Waals surface area contributed by atoms with E-state index >= 15 is 0 Å². The van der Waals surface area contributed by atoms with Crippen molar-refractivity contribution >= 4 is 0 Å². The van der Waals surface area contributed by atoms with E-state index in [9.17, 15) is 5.11 Å². The molecule has 1 aliphatic rings. The third-order valence-corrected chi connectivity index (χ3v) is 4.15. The van der Waals surface area contributed by atoms with Crippen LogP contribution in [0.1, 0.15) is 47.0 Å². The minimum Gasteiger partial charge on any atom is -0.391 e. The molecule has 2 nitrogen and oxygen atoms in total. The molecule has 1 saturated carbocycles. The maximum Gasteiger partial charge on any atom is 0.0700 e. The molecule has 0 amide bonds. The minimum absolute atomic E-state index is 0.136. The van der Waals surface area contributed by atoms with Crippen LogP contribution in [-0.2, 0) is 0 Å². The van der Waals surface area contributed by atoms with Gasteiger partial charge in [0.25, 0.3) is 0 Å². The monoisotopic (exact) mass is 213 g/mol. The van der Waals surface area contributed by atoms with Gasteiger partial charge in [-0.2, -0.15) is 0 Å². The molecule has 0 aromatic heterocycles. The predicted molar refractivity (Wildman–Crippen MR) is 64.9 cm³/mol. The summed E-state index contributed by atoms with van der Waals surface area (Å²) in [7, 11) is 2.16.